The zero-order chi connectivity index (χ0) is 26.4. The number of para-hydroxylation sites is 1. The second-order valence-corrected chi connectivity index (χ2v) is 7.80. The van der Waals surface area contributed by atoms with Gasteiger partial charge in [-0.1, -0.05) is 18.2 Å². The third-order valence-corrected chi connectivity index (χ3v) is 5.53. The van der Waals surface area contributed by atoms with Crippen LogP contribution in [0.15, 0.2) is 66.7 Å². The van der Waals surface area contributed by atoms with E-state index in [0.717, 1.165) is 0 Å². The summed E-state index contributed by atoms with van der Waals surface area (Å²) in [5, 5.41) is 12.1. The summed E-state index contributed by atoms with van der Waals surface area (Å²) in [6.07, 6.45) is 0. The van der Waals surface area contributed by atoms with Crippen LogP contribution in [-0.2, 0) is 9.53 Å². The molecule has 3 aromatic carbocycles. The average Bonchev–Trinajstić information content (AvgIpc) is 2.94. The Morgan fingerprint density at radius 3 is 2.22 bits per heavy atom. The van der Waals surface area contributed by atoms with Gasteiger partial charge in [-0.05, 0) is 48.5 Å². The number of pyridine rings is 1. The number of benzene rings is 3. The van der Waals surface area contributed by atoms with Crippen LogP contribution >= 0.6 is 0 Å². The third-order valence-electron chi connectivity index (χ3n) is 5.53. The average molecular weight is 498 g/mol. The molecule has 0 bridgehead atoms. The lowest BCUT2D eigenvalue weighted by Crippen LogP contribution is -2.21. The Labute approximate surface area is 213 Å². The highest BCUT2D eigenvalue weighted by Gasteiger charge is 2.19. The molecule has 0 aliphatic rings. The molecule has 0 saturated heterocycles. The molecule has 0 radical (unpaired) electrons. The summed E-state index contributed by atoms with van der Waals surface area (Å²) in [4.78, 5) is 30.1. The van der Waals surface area contributed by atoms with Crippen LogP contribution in [0.4, 0.5) is 5.69 Å². The van der Waals surface area contributed by atoms with Crippen LogP contribution in [-0.4, -0.2) is 44.8 Å². The van der Waals surface area contributed by atoms with Crippen molar-refractivity contribution in [1.29, 1.82) is 5.26 Å². The molecule has 0 spiro atoms. The zero-order valence-electron chi connectivity index (χ0n) is 20.4. The molecule has 0 atom stereocenters. The van der Waals surface area contributed by atoms with E-state index in [9.17, 15) is 9.59 Å². The number of esters is 1. The number of aromatic nitrogens is 1. The lowest BCUT2D eigenvalue weighted by molar-refractivity contribution is -0.119. The van der Waals surface area contributed by atoms with Crippen molar-refractivity contribution in [3.8, 4) is 34.6 Å². The van der Waals surface area contributed by atoms with Crippen LogP contribution in [0.2, 0.25) is 0 Å². The van der Waals surface area contributed by atoms with Crippen molar-refractivity contribution in [2.45, 2.75) is 0 Å². The smallest absolute Gasteiger partial charge is 0.339 e. The van der Waals surface area contributed by atoms with Crippen LogP contribution < -0.4 is 19.5 Å². The van der Waals surface area contributed by atoms with Crippen molar-refractivity contribution in [2.75, 3.05) is 33.3 Å². The number of nitriles is 1. The molecule has 4 aromatic rings. The minimum Gasteiger partial charge on any atom is -0.493 e. The Kier molecular flexibility index (Phi) is 7.50. The topological polar surface area (TPSA) is 120 Å². The van der Waals surface area contributed by atoms with Gasteiger partial charge in [0.15, 0.2) is 18.1 Å². The molecule has 1 amide bonds. The predicted molar refractivity (Wildman–Crippen MR) is 137 cm³/mol. The van der Waals surface area contributed by atoms with Crippen LogP contribution in [0.25, 0.3) is 22.2 Å². The van der Waals surface area contributed by atoms with Crippen molar-refractivity contribution in [1.82, 2.24) is 4.98 Å². The Balaban J connectivity index is 1.62. The molecule has 0 saturated carbocycles. The first-order valence-electron chi connectivity index (χ1n) is 11.1. The molecule has 9 heteroatoms. The summed E-state index contributed by atoms with van der Waals surface area (Å²) < 4.78 is 21.6. The number of fused-ring (bicyclic) bond motifs is 1. The van der Waals surface area contributed by atoms with E-state index in [4.69, 9.17) is 29.2 Å². The summed E-state index contributed by atoms with van der Waals surface area (Å²) in [7, 11) is 4.54. The molecule has 1 heterocycles. The fourth-order valence-electron chi connectivity index (χ4n) is 3.76. The third kappa shape index (κ3) is 5.44. The lowest BCUT2D eigenvalue weighted by atomic mass is 10.0. The number of carbonyl (C=O) groups excluding carboxylic acids is 2. The van der Waals surface area contributed by atoms with Gasteiger partial charge in [0.05, 0.1) is 49.7 Å². The van der Waals surface area contributed by atoms with Gasteiger partial charge in [0.25, 0.3) is 5.91 Å². The first-order valence-corrected chi connectivity index (χ1v) is 11.1. The fraction of sp³-hybridized carbons (Fsp3) is 0.143. The summed E-state index contributed by atoms with van der Waals surface area (Å²) in [6, 6.07) is 20.6. The molecule has 1 N–H and O–H groups in total. The number of nitrogens with zero attached hydrogens (tertiary/aromatic N) is 2. The normalized spacial score (nSPS) is 10.3. The summed E-state index contributed by atoms with van der Waals surface area (Å²) in [6.45, 7) is -0.491. The summed E-state index contributed by atoms with van der Waals surface area (Å²) in [5.74, 6) is 0.122. The van der Waals surface area contributed by atoms with Crippen LogP contribution in [0, 0.1) is 11.3 Å². The lowest BCUT2D eigenvalue weighted by Gasteiger charge is -2.15. The summed E-state index contributed by atoms with van der Waals surface area (Å²) in [5.41, 5.74) is 2.89. The van der Waals surface area contributed by atoms with Gasteiger partial charge in [0.2, 0.25) is 5.75 Å². The monoisotopic (exact) mass is 497 g/mol. The number of carbonyl (C=O) groups is 2. The van der Waals surface area contributed by atoms with Gasteiger partial charge in [-0.15, -0.1) is 0 Å². The van der Waals surface area contributed by atoms with Crippen molar-refractivity contribution in [3.63, 3.8) is 0 Å². The number of anilines is 1. The molecule has 0 aliphatic heterocycles. The molecule has 0 aliphatic carbocycles. The maximum atomic E-state index is 13.1. The van der Waals surface area contributed by atoms with E-state index in [-0.39, 0.29) is 5.56 Å². The van der Waals surface area contributed by atoms with Crippen molar-refractivity contribution < 1.29 is 28.5 Å². The molecular weight excluding hydrogens is 474 g/mol. The van der Waals surface area contributed by atoms with Gasteiger partial charge < -0.3 is 24.3 Å². The Bertz CT molecular complexity index is 1480. The van der Waals surface area contributed by atoms with E-state index >= 15 is 0 Å². The van der Waals surface area contributed by atoms with Gasteiger partial charge in [-0.25, -0.2) is 9.78 Å². The minimum atomic E-state index is -0.678. The molecule has 37 heavy (non-hydrogen) atoms. The van der Waals surface area contributed by atoms with Gasteiger partial charge in [0, 0.05) is 16.6 Å². The van der Waals surface area contributed by atoms with Crippen LogP contribution in [0.3, 0.4) is 0 Å². The van der Waals surface area contributed by atoms with Crippen LogP contribution in [0.5, 0.6) is 17.2 Å². The second kappa shape index (κ2) is 11.1. The number of hydrogen-bond acceptors (Lipinski definition) is 8. The number of amides is 1. The van der Waals surface area contributed by atoms with Gasteiger partial charge in [-0.3, -0.25) is 4.79 Å². The zero-order valence-corrected chi connectivity index (χ0v) is 20.4. The van der Waals surface area contributed by atoms with Crippen molar-refractivity contribution in [3.05, 3.63) is 77.9 Å². The van der Waals surface area contributed by atoms with Gasteiger partial charge >= 0.3 is 5.97 Å². The number of nitrogens with one attached hydrogen (secondary N) is 1. The molecule has 0 unspecified atom stereocenters. The first kappa shape index (κ1) is 25.0. The Morgan fingerprint density at radius 1 is 0.919 bits per heavy atom. The molecule has 4 rings (SSSR count). The SMILES string of the molecule is COc1cc(-c2cc(C(=O)OCC(=O)Nc3ccc(C#N)cc3)c3ccccc3n2)cc(OC)c1OC. The van der Waals surface area contributed by atoms with Gasteiger partial charge in [-0.2, -0.15) is 5.26 Å². The molecular formula is C28H23N3O6. The van der Waals surface area contributed by atoms with E-state index in [1.54, 1.807) is 60.7 Å². The fourth-order valence-corrected chi connectivity index (χ4v) is 3.76. The largest absolute Gasteiger partial charge is 0.493 e. The maximum absolute atomic E-state index is 13.1. The number of methoxy groups -OCH3 is 3. The first-order chi connectivity index (χ1) is 18.0. The number of hydrogen-bond donors (Lipinski definition) is 1. The molecule has 9 nitrogen and oxygen atoms in total. The second-order valence-electron chi connectivity index (χ2n) is 7.80. The van der Waals surface area contributed by atoms with Crippen molar-refractivity contribution >= 4 is 28.5 Å². The Hall–Kier alpha value is -5.10. The van der Waals surface area contributed by atoms with E-state index in [0.29, 0.717) is 50.7 Å². The minimum absolute atomic E-state index is 0.250. The van der Waals surface area contributed by atoms with Crippen molar-refractivity contribution in [2.24, 2.45) is 0 Å². The highest BCUT2D eigenvalue weighted by molar-refractivity contribution is 6.05. The molecule has 0 fully saturated rings. The molecule has 1 aromatic heterocycles. The van der Waals surface area contributed by atoms with E-state index < -0.39 is 18.5 Å². The van der Waals surface area contributed by atoms with Gasteiger partial charge in [0.1, 0.15) is 0 Å². The highest BCUT2D eigenvalue weighted by atomic mass is 16.5. The Morgan fingerprint density at radius 2 is 1.59 bits per heavy atom. The van der Waals surface area contributed by atoms with E-state index in [2.05, 4.69) is 5.32 Å². The standard InChI is InChI=1S/C28H23N3O6/c1-34-24-12-18(13-25(35-2)27(24)36-3)23-14-21(20-6-4-5-7-22(20)31-23)28(33)37-16-26(32)30-19-10-8-17(15-29)9-11-19/h4-14H,16H2,1-3H3,(H,30,32). The summed E-state index contributed by atoms with van der Waals surface area (Å²) >= 11 is 0. The number of rotatable bonds is 8. The maximum Gasteiger partial charge on any atom is 0.339 e. The van der Waals surface area contributed by atoms with E-state index in [1.807, 2.05) is 12.1 Å². The van der Waals surface area contributed by atoms with Crippen LogP contribution in [0.1, 0.15) is 15.9 Å². The predicted octanol–water partition coefficient (Wildman–Crippen LogP) is 4.59. The highest BCUT2D eigenvalue weighted by Crippen LogP contribution is 2.41. The van der Waals surface area contributed by atoms with E-state index in [1.165, 1.54) is 21.3 Å². The quantitative estimate of drug-likeness (QED) is 0.351. The number of ether oxygens (including phenoxy) is 4. The molecule has 186 valence electrons.